The molecule has 3 heteroatoms. The minimum Gasteiger partial charge on any atom is -0.395 e. The highest BCUT2D eigenvalue weighted by Gasteiger charge is 2.33. The minimum absolute atomic E-state index is 0.184. The van der Waals surface area contributed by atoms with E-state index in [0.717, 1.165) is 19.6 Å². The van der Waals surface area contributed by atoms with Gasteiger partial charge < -0.3 is 5.11 Å². The van der Waals surface area contributed by atoms with E-state index < -0.39 is 0 Å². The molecule has 3 atom stereocenters. The summed E-state index contributed by atoms with van der Waals surface area (Å²) in [4.78, 5) is 4.94. The molecule has 0 saturated carbocycles. The largest absolute Gasteiger partial charge is 0.395 e. The van der Waals surface area contributed by atoms with E-state index in [1.54, 1.807) is 0 Å². The summed E-state index contributed by atoms with van der Waals surface area (Å²) < 4.78 is 0. The van der Waals surface area contributed by atoms with E-state index in [1.807, 2.05) is 6.07 Å². The molecule has 1 aromatic rings. The van der Waals surface area contributed by atoms with Crippen LogP contribution in [0.2, 0.25) is 0 Å². The Balaban J connectivity index is 2.11. The van der Waals surface area contributed by atoms with Crippen molar-refractivity contribution in [1.29, 1.82) is 0 Å². The molecule has 20 heavy (non-hydrogen) atoms. The molecule has 0 bridgehead atoms. The van der Waals surface area contributed by atoms with E-state index in [4.69, 9.17) is 0 Å². The Bertz CT molecular complexity index is 410. The lowest BCUT2D eigenvalue weighted by molar-refractivity contribution is 0.0381. The fourth-order valence-electron chi connectivity index (χ4n) is 3.21. The molecule has 1 saturated heterocycles. The van der Waals surface area contributed by atoms with Crippen molar-refractivity contribution in [3.05, 3.63) is 35.9 Å². The van der Waals surface area contributed by atoms with Crippen LogP contribution in [0.25, 0.3) is 0 Å². The summed E-state index contributed by atoms with van der Waals surface area (Å²) in [7, 11) is 2.20. The third-order valence-corrected chi connectivity index (χ3v) is 4.83. The second kappa shape index (κ2) is 6.25. The van der Waals surface area contributed by atoms with E-state index in [0.29, 0.717) is 12.1 Å². The van der Waals surface area contributed by atoms with Crippen LogP contribution in [0, 0.1) is 0 Å². The van der Waals surface area contributed by atoms with E-state index in [9.17, 15) is 5.11 Å². The Morgan fingerprint density at radius 2 is 1.70 bits per heavy atom. The predicted molar refractivity (Wildman–Crippen MR) is 84.0 cm³/mol. The van der Waals surface area contributed by atoms with Crippen molar-refractivity contribution in [2.24, 2.45) is 0 Å². The molecule has 0 aromatic heterocycles. The van der Waals surface area contributed by atoms with Crippen LogP contribution in [0.4, 0.5) is 0 Å². The fraction of sp³-hybridized carbons (Fsp3) is 0.647. The quantitative estimate of drug-likeness (QED) is 0.911. The minimum atomic E-state index is -0.184. The number of hydrogen-bond donors (Lipinski definition) is 1. The number of likely N-dealkylation sites (N-methyl/N-ethyl adjacent to an activating group) is 1. The molecule has 1 fully saturated rings. The summed E-state index contributed by atoms with van der Waals surface area (Å²) in [5.74, 6) is 0. The van der Waals surface area contributed by atoms with Gasteiger partial charge in [-0.3, -0.25) is 9.80 Å². The van der Waals surface area contributed by atoms with Crippen molar-refractivity contribution in [2.45, 2.75) is 38.3 Å². The lowest BCUT2D eigenvalue weighted by Crippen LogP contribution is -2.57. The maximum atomic E-state index is 9.92. The second-order valence-electron chi connectivity index (χ2n) is 6.64. The molecule has 1 heterocycles. The first-order chi connectivity index (χ1) is 9.46. The molecule has 2 rings (SSSR count). The first-order valence-electron chi connectivity index (χ1n) is 7.57. The van der Waals surface area contributed by atoms with Crippen LogP contribution in [0.1, 0.15) is 26.3 Å². The van der Waals surface area contributed by atoms with Crippen molar-refractivity contribution in [2.75, 3.05) is 33.3 Å². The van der Waals surface area contributed by atoms with Gasteiger partial charge in [0.1, 0.15) is 0 Å². The first kappa shape index (κ1) is 15.5. The van der Waals surface area contributed by atoms with Gasteiger partial charge in [-0.25, -0.2) is 0 Å². The maximum Gasteiger partial charge on any atom is 0.0537 e. The highest BCUT2D eigenvalue weighted by Crippen LogP contribution is 2.26. The van der Waals surface area contributed by atoms with Crippen LogP contribution >= 0.6 is 0 Å². The van der Waals surface area contributed by atoms with Gasteiger partial charge in [-0.2, -0.15) is 0 Å². The van der Waals surface area contributed by atoms with Gasteiger partial charge in [0.2, 0.25) is 0 Å². The Kier molecular flexibility index (Phi) is 4.84. The molecule has 1 N–H and O–H groups in total. The number of piperazine rings is 1. The number of aliphatic hydroxyl groups excluding tert-OH is 1. The highest BCUT2D eigenvalue weighted by molar-refractivity contribution is 5.25. The number of nitrogens with zero attached hydrogens (tertiary/aromatic N) is 2. The average Bonchev–Trinajstić information content (AvgIpc) is 2.45. The summed E-state index contributed by atoms with van der Waals surface area (Å²) in [5.41, 5.74) is 1.04. The van der Waals surface area contributed by atoms with Gasteiger partial charge >= 0.3 is 0 Å². The Morgan fingerprint density at radius 3 is 2.20 bits per heavy atom. The molecular formula is C17H28N2O. The number of rotatable bonds is 4. The van der Waals surface area contributed by atoms with E-state index in [-0.39, 0.29) is 12.0 Å². The Labute approximate surface area is 123 Å². The zero-order valence-corrected chi connectivity index (χ0v) is 13.2. The van der Waals surface area contributed by atoms with Crippen molar-refractivity contribution in [3.8, 4) is 0 Å². The zero-order chi connectivity index (χ0) is 14.8. The van der Waals surface area contributed by atoms with Crippen molar-refractivity contribution in [3.63, 3.8) is 0 Å². The third-order valence-electron chi connectivity index (χ3n) is 4.83. The number of hydrogen-bond acceptors (Lipinski definition) is 3. The summed E-state index contributed by atoms with van der Waals surface area (Å²) in [6, 6.07) is 11.5. The molecule has 1 aliphatic rings. The molecule has 3 nitrogen and oxygen atoms in total. The van der Waals surface area contributed by atoms with Crippen LogP contribution in [0.5, 0.6) is 0 Å². The first-order valence-corrected chi connectivity index (χ1v) is 7.57. The Morgan fingerprint density at radius 1 is 1.15 bits per heavy atom. The predicted octanol–water partition coefficient (Wildman–Crippen LogP) is 1.96. The van der Waals surface area contributed by atoms with E-state index >= 15 is 0 Å². The smallest absolute Gasteiger partial charge is 0.0537 e. The summed E-state index contributed by atoms with van der Waals surface area (Å²) in [5, 5.41) is 9.92. The lowest BCUT2D eigenvalue weighted by Gasteiger charge is -2.45. The Hall–Kier alpha value is -0.900. The molecule has 1 aromatic carbocycles. The average molecular weight is 276 g/mol. The molecule has 3 unspecified atom stereocenters. The summed E-state index contributed by atoms with van der Waals surface area (Å²) >= 11 is 0. The van der Waals surface area contributed by atoms with E-state index in [1.165, 1.54) is 5.56 Å². The van der Waals surface area contributed by atoms with Crippen molar-refractivity contribution >= 4 is 0 Å². The van der Waals surface area contributed by atoms with Gasteiger partial charge in [-0.15, -0.1) is 0 Å². The van der Waals surface area contributed by atoms with Gasteiger partial charge in [0, 0.05) is 37.1 Å². The van der Waals surface area contributed by atoms with Crippen LogP contribution < -0.4 is 0 Å². The van der Waals surface area contributed by atoms with Crippen LogP contribution in [-0.4, -0.2) is 60.3 Å². The third kappa shape index (κ3) is 3.22. The molecule has 1 aliphatic heterocycles. The van der Waals surface area contributed by atoms with E-state index in [2.05, 4.69) is 61.9 Å². The maximum absolute atomic E-state index is 9.92. The standard InChI is InChI=1S/C17H28N2O/c1-14-10-19(11-15(2)18(14)4)12-17(3,13-20)16-8-6-5-7-9-16/h5-9,14-15,20H,10-13H2,1-4H3. The number of aliphatic hydroxyl groups is 1. The van der Waals surface area contributed by atoms with Gasteiger partial charge in [-0.05, 0) is 26.5 Å². The van der Waals surface area contributed by atoms with Crippen LogP contribution in [0.15, 0.2) is 30.3 Å². The zero-order valence-electron chi connectivity index (χ0n) is 13.2. The molecule has 0 amide bonds. The normalized spacial score (nSPS) is 28.2. The van der Waals surface area contributed by atoms with Crippen molar-refractivity contribution < 1.29 is 5.11 Å². The summed E-state index contributed by atoms with van der Waals surface area (Å²) in [6.07, 6.45) is 0. The van der Waals surface area contributed by atoms with Gasteiger partial charge in [-0.1, -0.05) is 37.3 Å². The van der Waals surface area contributed by atoms with Crippen LogP contribution in [-0.2, 0) is 5.41 Å². The molecule has 112 valence electrons. The van der Waals surface area contributed by atoms with Gasteiger partial charge in [0.15, 0.2) is 0 Å². The second-order valence-corrected chi connectivity index (χ2v) is 6.64. The topological polar surface area (TPSA) is 26.7 Å². The lowest BCUT2D eigenvalue weighted by atomic mass is 9.82. The van der Waals surface area contributed by atoms with Gasteiger partial charge in [0.05, 0.1) is 6.61 Å². The van der Waals surface area contributed by atoms with Crippen LogP contribution in [0.3, 0.4) is 0 Å². The number of benzene rings is 1. The monoisotopic (exact) mass is 276 g/mol. The molecular weight excluding hydrogens is 248 g/mol. The molecule has 0 radical (unpaired) electrons. The van der Waals surface area contributed by atoms with Gasteiger partial charge in [0.25, 0.3) is 0 Å². The fourth-order valence-corrected chi connectivity index (χ4v) is 3.21. The van der Waals surface area contributed by atoms with Crippen molar-refractivity contribution in [1.82, 2.24) is 9.80 Å². The summed E-state index contributed by atoms with van der Waals surface area (Å²) in [6.45, 7) is 9.97. The SMILES string of the molecule is CC1CN(CC(C)(CO)c2ccccc2)CC(C)N1C. The highest BCUT2D eigenvalue weighted by atomic mass is 16.3. The molecule has 0 spiro atoms. The molecule has 0 aliphatic carbocycles.